The molecule has 0 heterocycles. The molecule has 0 saturated carbocycles. The van der Waals surface area contributed by atoms with Crippen molar-refractivity contribution in [2.24, 2.45) is 0 Å². The minimum atomic E-state index is 0.685. The number of nitrogens with zero attached hydrogens (tertiary/aromatic N) is 1. The quantitative estimate of drug-likeness (QED) is 0.490. The van der Waals surface area contributed by atoms with Crippen LogP contribution in [0.5, 0.6) is 5.75 Å². The SMILES string of the molecule is [CH2]CCCCCCCCOc1ccc(-c2ccc(C#N)cc2)cc1. The van der Waals surface area contributed by atoms with Crippen LogP contribution in [0.4, 0.5) is 0 Å². The number of hydrogen-bond donors (Lipinski definition) is 0. The van der Waals surface area contributed by atoms with E-state index in [0.29, 0.717) is 5.56 Å². The summed E-state index contributed by atoms with van der Waals surface area (Å²) in [7, 11) is 0. The molecule has 0 spiro atoms. The molecule has 125 valence electrons. The average molecular weight is 320 g/mol. The van der Waals surface area contributed by atoms with Crippen LogP contribution in [0.15, 0.2) is 48.5 Å². The number of nitriles is 1. The van der Waals surface area contributed by atoms with E-state index in [-0.39, 0.29) is 0 Å². The van der Waals surface area contributed by atoms with Crippen LogP contribution in [0, 0.1) is 18.3 Å². The summed E-state index contributed by atoms with van der Waals surface area (Å²) in [5.41, 5.74) is 2.94. The standard InChI is InChI=1S/C22H26NO/c1-2-3-4-5-6-7-8-17-24-22-15-13-21(14-16-22)20-11-9-19(18-23)10-12-20/h9-16H,1-8,17H2. The van der Waals surface area contributed by atoms with Gasteiger partial charge in [0.2, 0.25) is 0 Å². The predicted octanol–water partition coefficient (Wildman–Crippen LogP) is 6.17. The van der Waals surface area contributed by atoms with Gasteiger partial charge in [0.05, 0.1) is 18.2 Å². The van der Waals surface area contributed by atoms with Gasteiger partial charge in [0.15, 0.2) is 0 Å². The van der Waals surface area contributed by atoms with Gasteiger partial charge in [-0.2, -0.15) is 5.26 Å². The molecule has 1 radical (unpaired) electrons. The van der Waals surface area contributed by atoms with Gasteiger partial charge in [0.25, 0.3) is 0 Å². The van der Waals surface area contributed by atoms with Gasteiger partial charge in [0, 0.05) is 0 Å². The van der Waals surface area contributed by atoms with Gasteiger partial charge in [-0.3, -0.25) is 0 Å². The number of benzene rings is 2. The van der Waals surface area contributed by atoms with Crippen molar-refractivity contribution >= 4 is 0 Å². The maximum Gasteiger partial charge on any atom is 0.119 e. The van der Waals surface area contributed by atoms with Crippen LogP contribution in [0.1, 0.15) is 50.5 Å². The molecule has 0 bridgehead atoms. The fourth-order valence-electron chi connectivity index (χ4n) is 2.66. The molecule has 0 fully saturated rings. The summed E-state index contributed by atoms with van der Waals surface area (Å²) in [4.78, 5) is 0. The smallest absolute Gasteiger partial charge is 0.119 e. The summed E-state index contributed by atoms with van der Waals surface area (Å²) in [6, 6.07) is 17.9. The van der Waals surface area contributed by atoms with E-state index in [9.17, 15) is 0 Å². The van der Waals surface area contributed by atoms with Crippen LogP contribution >= 0.6 is 0 Å². The zero-order valence-electron chi connectivity index (χ0n) is 14.3. The van der Waals surface area contributed by atoms with Crippen molar-refractivity contribution in [3.05, 3.63) is 61.0 Å². The Bertz CT molecular complexity index is 623. The lowest BCUT2D eigenvalue weighted by Gasteiger charge is -2.08. The third-order valence-corrected chi connectivity index (χ3v) is 4.11. The Morgan fingerprint density at radius 2 is 1.29 bits per heavy atom. The molecule has 2 heteroatoms. The molecule has 0 amide bonds. The first kappa shape index (κ1) is 18.1. The normalized spacial score (nSPS) is 10.3. The maximum absolute atomic E-state index is 8.84. The van der Waals surface area contributed by atoms with Crippen molar-refractivity contribution in [3.63, 3.8) is 0 Å². The summed E-state index contributed by atoms with van der Waals surface area (Å²) < 4.78 is 5.81. The van der Waals surface area contributed by atoms with E-state index in [0.717, 1.165) is 36.3 Å². The number of ether oxygens (including phenoxy) is 1. The van der Waals surface area contributed by atoms with Crippen LogP contribution in [0.3, 0.4) is 0 Å². The Kier molecular flexibility index (Phi) is 7.90. The molecule has 24 heavy (non-hydrogen) atoms. The molecular weight excluding hydrogens is 294 g/mol. The molecule has 2 nitrogen and oxygen atoms in total. The van der Waals surface area contributed by atoms with E-state index >= 15 is 0 Å². The predicted molar refractivity (Wildman–Crippen MR) is 99.8 cm³/mol. The second-order valence-corrected chi connectivity index (χ2v) is 6.04. The highest BCUT2D eigenvalue weighted by Gasteiger charge is 2.00. The van der Waals surface area contributed by atoms with Crippen molar-refractivity contribution in [2.75, 3.05) is 6.61 Å². The summed E-state index contributed by atoms with van der Waals surface area (Å²) in [5.74, 6) is 0.921. The summed E-state index contributed by atoms with van der Waals surface area (Å²) in [6.45, 7) is 4.65. The molecule has 0 saturated heterocycles. The minimum absolute atomic E-state index is 0.685. The van der Waals surface area contributed by atoms with Gasteiger partial charge in [-0.1, -0.05) is 69.7 Å². The second kappa shape index (κ2) is 10.5. The summed E-state index contributed by atoms with van der Waals surface area (Å²) in [6.07, 6.45) is 8.57. The van der Waals surface area contributed by atoms with Crippen LogP contribution in [-0.2, 0) is 0 Å². The molecule has 0 aliphatic rings. The Hall–Kier alpha value is -2.27. The Balaban J connectivity index is 1.71. The van der Waals surface area contributed by atoms with Gasteiger partial charge in [-0.05, 0) is 41.8 Å². The van der Waals surface area contributed by atoms with Gasteiger partial charge in [-0.25, -0.2) is 0 Å². The van der Waals surface area contributed by atoms with E-state index in [1.54, 1.807) is 0 Å². The van der Waals surface area contributed by atoms with Crippen molar-refractivity contribution < 1.29 is 4.74 Å². The molecule has 2 aromatic carbocycles. The average Bonchev–Trinajstić information content (AvgIpc) is 2.64. The zero-order valence-corrected chi connectivity index (χ0v) is 14.3. The molecule has 2 rings (SSSR count). The van der Waals surface area contributed by atoms with Crippen molar-refractivity contribution in [1.29, 1.82) is 5.26 Å². The number of rotatable bonds is 10. The Labute approximate surface area is 146 Å². The minimum Gasteiger partial charge on any atom is -0.494 e. The molecule has 2 aromatic rings. The van der Waals surface area contributed by atoms with Crippen LogP contribution in [-0.4, -0.2) is 6.61 Å². The molecule has 0 N–H and O–H groups in total. The lowest BCUT2D eigenvalue weighted by molar-refractivity contribution is 0.304. The number of unbranched alkanes of at least 4 members (excludes halogenated alkanes) is 6. The van der Waals surface area contributed by atoms with Crippen LogP contribution < -0.4 is 4.74 Å². The molecule has 0 atom stereocenters. The highest BCUT2D eigenvalue weighted by molar-refractivity contribution is 5.64. The molecular formula is C22H26NO. The third kappa shape index (κ3) is 6.08. The van der Waals surface area contributed by atoms with E-state index in [1.165, 1.54) is 32.1 Å². The fraction of sp³-hybridized carbons (Fsp3) is 0.364. The van der Waals surface area contributed by atoms with E-state index < -0.39 is 0 Å². The van der Waals surface area contributed by atoms with Crippen molar-refractivity contribution in [1.82, 2.24) is 0 Å². The lowest BCUT2D eigenvalue weighted by Crippen LogP contribution is -1.97. The van der Waals surface area contributed by atoms with E-state index in [2.05, 4.69) is 25.1 Å². The highest BCUT2D eigenvalue weighted by atomic mass is 16.5. The van der Waals surface area contributed by atoms with Gasteiger partial charge in [0.1, 0.15) is 5.75 Å². The molecule has 0 aromatic heterocycles. The Morgan fingerprint density at radius 1 is 0.750 bits per heavy atom. The lowest BCUT2D eigenvalue weighted by atomic mass is 10.0. The summed E-state index contributed by atoms with van der Waals surface area (Å²) >= 11 is 0. The number of hydrogen-bond acceptors (Lipinski definition) is 2. The third-order valence-electron chi connectivity index (χ3n) is 4.11. The topological polar surface area (TPSA) is 33.0 Å². The monoisotopic (exact) mass is 320 g/mol. The van der Waals surface area contributed by atoms with Gasteiger partial charge in [-0.15, -0.1) is 0 Å². The van der Waals surface area contributed by atoms with E-state index in [4.69, 9.17) is 10.00 Å². The molecule has 0 aliphatic heterocycles. The van der Waals surface area contributed by atoms with Crippen molar-refractivity contribution in [2.45, 2.75) is 44.9 Å². The highest BCUT2D eigenvalue weighted by Crippen LogP contribution is 2.23. The fourth-order valence-corrected chi connectivity index (χ4v) is 2.66. The second-order valence-electron chi connectivity index (χ2n) is 6.04. The van der Waals surface area contributed by atoms with Crippen LogP contribution in [0.25, 0.3) is 11.1 Å². The first-order chi connectivity index (χ1) is 11.8. The molecule has 0 unspecified atom stereocenters. The zero-order chi connectivity index (χ0) is 17.0. The largest absolute Gasteiger partial charge is 0.494 e. The van der Waals surface area contributed by atoms with Gasteiger partial charge >= 0.3 is 0 Å². The van der Waals surface area contributed by atoms with Gasteiger partial charge < -0.3 is 4.74 Å². The molecule has 0 aliphatic carbocycles. The van der Waals surface area contributed by atoms with E-state index in [1.807, 2.05) is 36.4 Å². The first-order valence-electron chi connectivity index (χ1n) is 8.86. The van der Waals surface area contributed by atoms with Crippen molar-refractivity contribution in [3.8, 4) is 22.9 Å². The van der Waals surface area contributed by atoms with Crippen LogP contribution in [0.2, 0.25) is 0 Å². The Morgan fingerprint density at radius 3 is 1.88 bits per heavy atom. The summed E-state index contributed by atoms with van der Waals surface area (Å²) in [5, 5.41) is 8.84. The first-order valence-corrected chi connectivity index (χ1v) is 8.86. The maximum atomic E-state index is 8.84.